The lowest BCUT2D eigenvalue weighted by Gasteiger charge is -2.38. The quantitative estimate of drug-likeness (QED) is 0.160. The monoisotopic (exact) mass is 538 g/mol. The van der Waals surface area contributed by atoms with Crippen molar-refractivity contribution < 1.29 is 44.9 Å². The third-order valence-corrected chi connectivity index (χ3v) is 7.20. The molecule has 37 heavy (non-hydrogen) atoms. The third-order valence-electron chi connectivity index (χ3n) is 7.20. The second-order valence-electron chi connectivity index (χ2n) is 9.80. The standard InChI is InChI=1S/C27H33F7O3/c1-2-3-4-5-18-6-8-19(9-7-18)26(31,32)36-21-12-10-20(11-13-21)27(33,34)37-22-14-15-24(23(28)16-22)35-17-25(29)30/h2-3,14-21H,4-13H2,1H3/b3-2+. The van der Waals surface area contributed by atoms with Gasteiger partial charge in [0.25, 0.3) is 0 Å². The van der Waals surface area contributed by atoms with E-state index in [2.05, 4.69) is 10.8 Å². The summed E-state index contributed by atoms with van der Waals surface area (Å²) >= 11 is 0. The fourth-order valence-corrected chi connectivity index (χ4v) is 5.11. The van der Waals surface area contributed by atoms with Crippen molar-refractivity contribution in [3.05, 3.63) is 48.5 Å². The van der Waals surface area contributed by atoms with Gasteiger partial charge in [-0.15, -0.1) is 0 Å². The minimum Gasteiger partial charge on any atom is -0.456 e. The fourth-order valence-electron chi connectivity index (χ4n) is 5.11. The van der Waals surface area contributed by atoms with Gasteiger partial charge in [-0.2, -0.15) is 26.3 Å². The highest BCUT2D eigenvalue weighted by molar-refractivity contribution is 5.33. The normalized spacial score (nSPS) is 25.2. The summed E-state index contributed by atoms with van der Waals surface area (Å²) in [6.45, 7) is 1.95. The molecule has 0 amide bonds. The van der Waals surface area contributed by atoms with E-state index in [9.17, 15) is 30.7 Å². The molecule has 3 rings (SSSR count). The highest BCUT2D eigenvalue weighted by atomic mass is 19.3. The van der Waals surface area contributed by atoms with Gasteiger partial charge in [-0.05, 0) is 89.2 Å². The Bertz CT molecular complexity index is 915. The number of rotatable bonds is 11. The number of halogens is 7. The van der Waals surface area contributed by atoms with E-state index >= 15 is 0 Å². The van der Waals surface area contributed by atoms with Gasteiger partial charge in [-0.25, -0.2) is 4.39 Å². The van der Waals surface area contributed by atoms with Crippen LogP contribution in [0.4, 0.5) is 30.7 Å². The lowest BCUT2D eigenvalue weighted by molar-refractivity contribution is -0.306. The van der Waals surface area contributed by atoms with E-state index in [1.807, 2.05) is 13.0 Å². The first-order chi connectivity index (χ1) is 17.5. The van der Waals surface area contributed by atoms with E-state index in [1.54, 1.807) is 0 Å². The van der Waals surface area contributed by atoms with Crippen LogP contribution in [0.1, 0.15) is 71.1 Å². The van der Waals surface area contributed by atoms with Gasteiger partial charge >= 0.3 is 18.3 Å². The molecule has 2 aliphatic rings. The molecule has 3 nitrogen and oxygen atoms in total. The molecule has 0 saturated heterocycles. The Labute approximate surface area is 212 Å². The van der Waals surface area contributed by atoms with E-state index in [-0.39, 0.29) is 31.9 Å². The van der Waals surface area contributed by atoms with E-state index in [0.717, 1.165) is 37.8 Å². The van der Waals surface area contributed by atoms with Gasteiger partial charge < -0.3 is 14.2 Å². The van der Waals surface area contributed by atoms with E-state index in [1.165, 1.54) is 0 Å². The molecule has 0 aliphatic heterocycles. The van der Waals surface area contributed by atoms with Crippen LogP contribution in [0.25, 0.3) is 0 Å². The average Bonchev–Trinajstić information content (AvgIpc) is 2.84. The molecule has 2 saturated carbocycles. The van der Waals surface area contributed by atoms with Crippen LogP contribution >= 0.6 is 0 Å². The Morgan fingerprint density at radius 2 is 1.54 bits per heavy atom. The number of hydrogen-bond donors (Lipinski definition) is 0. The molecular formula is C27H33F7O3. The van der Waals surface area contributed by atoms with Crippen LogP contribution in [-0.2, 0) is 4.74 Å². The Balaban J connectivity index is 1.47. The summed E-state index contributed by atoms with van der Waals surface area (Å²) in [4.78, 5) is 0. The summed E-state index contributed by atoms with van der Waals surface area (Å²) < 4.78 is 111. The van der Waals surface area contributed by atoms with Crippen molar-refractivity contribution in [2.45, 2.75) is 89.5 Å². The Kier molecular flexibility index (Phi) is 10.3. The van der Waals surface area contributed by atoms with Crippen LogP contribution < -0.4 is 9.47 Å². The number of allylic oxidation sites excluding steroid dienone is 2. The van der Waals surface area contributed by atoms with Gasteiger partial charge in [-0.1, -0.05) is 12.2 Å². The number of benzene rings is 1. The molecule has 2 fully saturated rings. The molecule has 0 N–H and O–H groups in total. The Hall–Kier alpha value is -2.23. The van der Waals surface area contributed by atoms with Crippen molar-refractivity contribution in [1.29, 1.82) is 0 Å². The zero-order valence-electron chi connectivity index (χ0n) is 20.7. The van der Waals surface area contributed by atoms with Crippen molar-refractivity contribution in [3.8, 4) is 11.5 Å². The molecule has 0 bridgehead atoms. The second kappa shape index (κ2) is 13.0. The van der Waals surface area contributed by atoms with E-state index in [4.69, 9.17) is 9.47 Å². The van der Waals surface area contributed by atoms with Crippen molar-refractivity contribution >= 4 is 0 Å². The summed E-state index contributed by atoms with van der Waals surface area (Å²) in [5.41, 5.74) is 0. The second-order valence-corrected chi connectivity index (χ2v) is 9.80. The molecule has 1 aromatic rings. The SMILES string of the molecule is C/C=C/CCC1CCC(C(F)(F)OC2CCC(C(F)(F)Oc3ccc(OC=C(F)F)c(F)c3)CC2)CC1. The number of alkyl halides is 4. The number of ether oxygens (including phenoxy) is 3. The Morgan fingerprint density at radius 1 is 0.919 bits per heavy atom. The third kappa shape index (κ3) is 8.65. The van der Waals surface area contributed by atoms with Gasteiger partial charge in [0, 0.05) is 6.07 Å². The predicted molar refractivity (Wildman–Crippen MR) is 124 cm³/mol. The van der Waals surface area contributed by atoms with Crippen LogP contribution in [-0.4, -0.2) is 18.3 Å². The van der Waals surface area contributed by atoms with Gasteiger partial charge in [-0.3, -0.25) is 0 Å². The smallest absolute Gasteiger partial charge is 0.400 e. The highest BCUT2D eigenvalue weighted by Gasteiger charge is 2.48. The summed E-state index contributed by atoms with van der Waals surface area (Å²) in [6.07, 6.45) is -1.89. The topological polar surface area (TPSA) is 27.7 Å². The molecule has 2 aliphatic carbocycles. The maximum absolute atomic E-state index is 14.8. The average molecular weight is 539 g/mol. The predicted octanol–water partition coefficient (Wildman–Crippen LogP) is 9.24. The zero-order chi connectivity index (χ0) is 27.1. The van der Waals surface area contributed by atoms with Crippen LogP contribution in [0.5, 0.6) is 11.5 Å². The molecule has 0 spiro atoms. The maximum Gasteiger partial charge on any atom is 0.400 e. The van der Waals surface area contributed by atoms with Crippen LogP contribution in [0.2, 0.25) is 0 Å². The molecule has 208 valence electrons. The van der Waals surface area contributed by atoms with Crippen LogP contribution in [0.3, 0.4) is 0 Å². The van der Waals surface area contributed by atoms with Crippen LogP contribution in [0, 0.1) is 23.6 Å². The summed E-state index contributed by atoms with van der Waals surface area (Å²) in [5, 5.41) is 0. The first kappa shape index (κ1) is 29.3. The van der Waals surface area contributed by atoms with Gasteiger partial charge in [0.1, 0.15) is 5.75 Å². The molecule has 0 radical (unpaired) electrons. The molecule has 0 atom stereocenters. The van der Waals surface area contributed by atoms with E-state index < -0.39 is 53.6 Å². The Morgan fingerprint density at radius 3 is 2.14 bits per heavy atom. The molecule has 10 heteroatoms. The first-order valence-electron chi connectivity index (χ1n) is 12.7. The van der Waals surface area contributed by atoms with Gasteiger partial charge in [0.2, 0.25) is 0 Å². The van der Waals surface area contributed by atoms with Crippen LogP contribution in [0.15, 0.2) is 42.7 Å². The van der Waals surface area contributed by atoms with E-state index in [0.29, 0.717) is 24.8 Å². The number of hydrogen-bond acceptors (Lipinski definition) is 3. The summed E-state index contributed by atoms with van der Waals surface area (Å²) in [7, 11) is 0. The zero-order valence-corrected chi connectivity index (χ0v) is 20.7. The molecule has 1 aromatic carbocycles. The summed E-state index contributed by atoms with van der Waals surface area (Å²) in [6, 6.07) is 2.47. The molecule has 0 aromatic heterocycles. The lowest BCUT2D eigenvalue weighted by Crippen LogP contribution is -2.42. The lowest BCUT2D eigenvalue weighted by atomic mass is 9.79. The van der Waals surface area contributed by atoms with Crippen molar-refractivity contribution in [2.75, 3.05) is 0 Å². The first-order valence-corrected chi connectivity index (χ1v) is 12.7. The minimum atomic E-state index is -3.68. The fraction of sp³-hybridized carbons (Fsp3) is 0.630. The van der Waals surface area contributed by atoms with Crippen molar-refractivity contribution in [3.63, 3.8) is 0 Å². The molecular weight excluding hydrogens is 505 g/mol. The van der Waals surface area contributed by atoms with Crippen molar-refractivity contribution in [2.24, 2.45) is 17.8 Å². The largest absolute Gasteiger partial charge is 0.456 e. The summed E-state index contributed by atoms with van der Waals surface area (Å²) in [5.74, 6) is -3.94. The molecule has 0 heterocycles. The minimum absolute atomic E-state index is 0.0229. The van der Waals surface area contributed by atoms with Crippen molar-refractivity contribution in [1.82, 2.24) is 0 Å². The highest BCUT2D eigenvalue weighted by Crippen LogP contribution is 2.44. The molecule has 0 unspecified atom stereocenters. The van der Waals surface area contributed by atoms with Gasteiger partial charge in [0.05, 0.1) is 17.9 Å². The maximum atomic E-state index is 14.8. The van der Waals surface area contributed by atoms with Gasteiger partial charge in [0.15, 0.2) is 17.8 Å².